The van der Waals surface area contributed by atoms with Crippen molar-refractivity contribution < 1.29 is 4.92 Å². The minimum atomic E-state index is -0.469. The van der Waals surface area contributed by atoms with Crippen LogP contribution < -0.4 is 0 Å². The third-order valence-electron chi connectivity index (χ3n) is 1.65. The first-order valence-electron chi connectivity index (χ1n) is 4.43. The molecule has 1 rings (SSSR count). The third-order valence-corrected chi connectivity index (χ3v) is 2.36. The van der Waals surface area contributed by atoms with Gasteiger partial charge >= 0.3 is 5.82 Å². The zero-order valence-corrected chi connectivity index (χ0v) is 10.3. The van der Waals surface area contributed by atoms with Crippen LogP contribution in [0.25, 0.3) is 0 Å². The summed E-state index contributed by atoms with van der Waals surface area (Å²) in [5.41, 5.74) is 0.631. The van der Waals surface area contributed by atoms with Gasteiger partial charge in [0.15, 0.2) is 0 Å². The smallest absolute Gasteiger partial charge is 0.358 e. The second-order valence-electron chi connectivity index (χ2n) is 2.32. The van der Waals surface area contributed by atoms with Crippen LogP contribution in [0.1, 0.15) is 26.5 Å². The maximum absolute atomic E-state index is 10.5. The average molecular weight is 264 g/mol. The molecule has 1 aromatic heterocycles. The summed E-state index contributed by atoms with van der Waals surface area (Å²) in [6.45, 7) is 5.86. The molecule has 0 spiro atoms. The van der Waals surface area contributed by atoms with E-state index in [1.807, 2.05) is 20.8 Å². The van der Waals surface area contributed by atoms with Crippen molar-refractivity contribution in [1.29, 1.82) is 0 Å². The van der Waals surface area contributed by atoms with E-state index in [0.29, 0.717) is 16.8 Å². The lowest BCUT2D eigenvalue weighted by Gasteiger charge is -1.96. The largest absolute Gasteiger partial charge is 0.386 e. The highest BCUT2D eigenvalue weighted by Gasteiger charge is 2.22. The van der Waals surface area contributed by atoms with Gasteiger partial charge in [-0.25, -0.2) is 0 Å². The average Bonchev–Trinajstić information content (AvgIpc) is 2.47. The van der Waals surface area contributed by atoms with E-state index in [2.05, 4.69) is 20.9 Å². The summed E-state index contributed by atoms with van der Waals surface area (Å²) in [5.74, 6) is -0.0631. The highest BCUT2D eigenvalue weighted by Crippen LogP contribution is 2.21. The maximum Gasteiger partial charge on any atom is 0.386 e. The van der Waals surface area contributed by atoms with Gasteiger partial charge in [0.2, 0.25) is 0 Å². The van der Waals surface area contributed by atoms with Gasteiger partial charge in [-0.2, -0.15) is 0 Å². The Morgan fingerprint density at radius 2 is 2.07 bits per heavy atom. The molecule has 0 amide bonds. The predicted molar refractivity (Wildman–Crippen MR) is 58.3 cm³/mol. The van der Waals surface area contributed by atoms with Crippen LogP contribution in [0.15, 0.2) is 4.73 Å². The van der Waals surface area contributed by atoms with E-state index < -0.39 is 4.92 Å². The van der Waals surface area contributed by atoms with E-state index >= 15 is 0 Å². The Hall–Kier alpha value is -0.910. The van der Waals surface area contributed by atoms with E-state index in [0.717, 1.165) is 0 Å². The van der Waals surface area contributed by atoms with Crippen molar-refractivity contribution in [1.82, 2.24) is 9.55 Å². The van der Waals surface area contributed by atoms with E-state index in [1.165, 1.54) is 0 Å². The first kappa shape index (κ1) is 13.1. The molecule has 0 unspecified atom stereocenters. The Morgan fingerprint density at radius 1 is 1.57 bits per heavy atom. The molecule has 6 heteroatoms. The summed E-state index contributed by atoms with van der Waals surface area (Å²) in [7, 11) is 1.74. The maximum atomic E-state index is 10.5. The number of halogens is 1. The Bertz CT molecular complexity index is 323. The Morgan fingerprint density at radius 3 is 2.36 bits per heavy atom. The van der Waals surface area contributed by atoms with Crippen LogP contribution in [-0.2, 0) is 13.5 Å². The zero-order valence-electron chi connectivity index (χ0n) is 8.74. The molecular formula is C8H14BrN3O2. The number of rotatable bonds is 2. The number of hydrogen-bond acceptors (Lipinski definition) is 3. The molecule has 0 atom stereocenters. The molecule has 1 aromatic rings. The number of hydrogen-bond donors (Lipinski definition) is 0. The van der Waals surface area contributed by atoms with Crippen molar-refractivity contribution in [2.45, 2.75) is 27.2 Å². The van der Waals surface area contributed by atoms with Crippen molar-refractivity contribution in [3.63, 3.8) is 0 Å². The molecule has 0 aromatic carbocycles. The number of nitrogens with zero attached hydrogens (tertiary/aromatic N) is 3. The van der Waals surface area contributed by atoms with Crippen LogP contribution >= 0.6 is 15.9 Å². The topological polar surface area (TPSA) is 61.0 Å². The first-order valence-corrected chi connectivity index (χ1v) is 5.22. The molecule has 0 bridgehead atoms. The van der Waals surface area contributed by atoms with Gasteiger partial charge in [0, 0.05) is 23.0 Å². The van der Waals surface area contributed by atoms with Crippen LogP contribution in [0.2, 0.25) is 0 Å². The lowest BCUT2D eigenvalue weighted by molar-refractivity contribution is -0.390. The fourth-order valence-corrected chi connectivity index (χ4v) is 1.41. The first-order chi connectivity index (χ1) is 6.57. The number of imidazole rings is 1. The van der Waals surface area contributed by atoms with Gasteiger partial charge < -0.3 is 10.1 Å². The van der Waals surface area contributed by atoms with Crippen molar-refractivity contribution in [3.8, 4) is 0 Å². The van der Waals surface area contributed by atoms with Gasteiger partial charge in [-0.05, 0) is 16.3 Å². The third kappa shape index (κ3) is 2.54. The minimum absolute atomic E-state index is 0.0631. The Labute approximate surface area is 91.4 Å². The van der Waals surface area contributed by atoms with Gasteiger partial charge in [-0.3, -0.25) is 4.57 Å². The second-order valence-corrected chi connectivity index (χ2v) is 3.03. The second kappa shape index (κ2) is 5.74. The van der Waals surface area contributed by atoms with Crippen LogP contribution in [-0.4, -0.2) is 14.5 Å². The van der Waals surface area contributed by atoms with Crippen molar-refractivity contribution in [3.05, 3.63) is 20.5 Å². The summed E-state index contributed by atoms with van der Waals surface area (Å²) >= 11 is 3.12. The molecule has 0 aliphatic carbocycles. The standard InChI is InChI=1S/C6H8BrN3O2.C2H6/c1-3-4-5(10(11)12)8-6(7)9(4)2;1-2/h3H2,1-2H3;1-2H3. The van der Waals surface area contributed by atoms with Crippen LogP contribution in [0.5, 0.6) is 0 Å². The minimum Gasteiger partial charge on any atom is -0.358 e. The molecular weight excluding hydrogens is 250 g/mol. The molecule has 0 aliphatic rings. The van der Waals surface area contributed by atoms with Crippen molar-refractivity contribution in [2.24, 2.45) is 7.05 Å². The zero-order chi connectivity index (χ0) is 11.3. The van der Waals surface area contributed by atoms with Gasteiger partial charge in [-0.1, -0.05) is 20.8 Å². The van der Waals surface area contributed by atoms with Crippen LogP contribution in [0.3, 0.4) is 0 Å². The highest BCUT2D eigenvalue weighted by atomic mass is 79.9. The summed E-state index contributed by atoms with van der Waals surface area (Å²) in [4.78, 5) is 13.7. The molecule has 0 aliphatic heterocycles. The molecule has 0 fully saturated rings. The van der Waals surface area contributed by atoms with Gasteiger partial charge in [0.25, 0.3) is 4.73 Å². The van der Waals surface area contributed by atoms with Gasteiger partial charge in [0.05, 0.1) is 0 Å². The summed E-state index contributed by atoms with van der Waals surface area (Å²) in [6.07, 6.45) is 0.603. The normalized spacial score (nSPS) is 9.21. The summed E-state index contributed by atoms with van der Waals surface area (Å²) in [6, 6.07) is 0. The van der Waals surface area contributed by atoms with Crippen LogP contribution in [0.4, 0.5) is 5.82 Å². The van der Waals surface area contributed by atoms with E-state index in [9.17, 15) is 10.1 Å². The van der Waals surface area contributed by atoms with Gasteiger partial charge in [-0.15, -0.1) is 0 Å². The summed E-state index contributed by atoms with van der Waals surface area (Å²) in [5, 5.41) is 10.5. The summed E-state index contributed by atoms with van der Waals surface area (Å²) < 4.78 is 2.16. The van der Waals surface area contributed by atoms with Gasteiger partial charge in [0.1, 0.15) is 5.69 Å². The Balaban J connectivity index is 0.000000791. The van der Waals surface area contributed by atoms with Crippen molar-refractivity contribution in [2.75, 3.05) is 0 Å². The Kier molecular flexibility index (Phi) is 5.37. The quantitative estimate of drug-likeness (QED) is 0.609. The number of aromatic nitrogens is 2. The molecule has 0 saturated heterocycles. The molecule has 0 saturated carbocycles. The van der Waals surface area contributed by atoms with Crippen LogP contribution in [0, 0.1) is 10.1 Å². The molecule has 14 heavy (non-hydrogen) atoms. The fourth-order valence-electron chi connectivity index (χ4n) is 1.03. The molecule has 5 nitrogen and oxygen atoms in total. The molecule has 0 radical (unpaired) electrons. The number of nitro groups is 1. The fraction of sp³-hybridized carbons (Fsp3) is 0.625. The highest BCUT2D eigenvalue weighted by molar-refractivity contribution is 9.10. The SMILES string of the molecule is CC.CCc1c([N+](=O)[O-])nc(Br)n1C. The molecule has 80 valence electrons. The van der Waals surface area contributed by atoms with E-state index in [-0.39, 0.29) is 5.82 Å². The lowest BCUT2D eigenvalue weighted by Crippen LogP contribution is -1.98. The molecule has 1 heterocycles. The lowest BCUT2D eigenvalue weighted by atomic mass is 10.3. The van der Waals surface area contributed by atoms with Crippen molar-refractivity contribution >= 4 is 21.7 Å². The van der Waals surface area contributed by atoms with E-state index in [4.69, 9.17) is 0 Å². The molecule has 0 N–H and O–H groups in total. The predicted octanol–water partition coefficient (Wildman–Crippen LogP) is 2.68. The monoisotopic (exact) mass is 263 g/mol. The van der Waals surface area contributed by atoms with E-state index in [1.54, 1.807) is 11.6 Å².